The summed E-state index contributed by atoms with van der Waals surface area (Å²) in [5.41, 5.74) is 8.16. The van der Waals surface area contributed by atoms with Gasteiger partial charge in [-0.2, -0.15) is 0 Å². The highest BCUT2D eigenvalue weighted by Crippen LogP contribution is 2.16. The van der Waals surface area contributed by atoms with Crippen molar-refractivity contribution in [3.63, 3.8) is 0 Å². The molecule has 11 heavy (non-hydrogen) atoms. The molecule has 0 amide bonds. The maximum absolute atomic E-state index is 5.57. The van der Waals surface area contributed by atoms with Crippen LogP contribution in [0, 0.1) is 0 Å². The van der Waals surface area contributed by atoms with E-state index >= 15 is 0 Å². The van der Waals surface area contributed by atoms with Crippen LogP contribution in [0.3, 0.4) is 0 Å². The first kappa shape index (κ1) is 8.75. The number of nitrogens with two attached hydrogens (primary N) is 1. The minimum atomic E-state index is 0.628. The number of hydrogen-bond donors (Lipinski definition) is 1. The lowest BCUT2D eigenvalue weighted by molar-refractivity contribution is 1.00. The highest BCUT2D eigenvalue weighted by molar-refractivity contribution is 9.10. The summed E-state index contributed by atoms with van der Waals surface area (Å²) < 4.78 is 1.11. The molecule has 0 bridgehead atoms. The molecule has 0 radical (unpaired) electrons. The van der Waals surface area contributed by atoms with Crippen LogP contribution in [-0.2, 0) is 13.0 Å². The minimum Gasteiger partial charge on any atom is -0.326 e. The summed E-state index contributed by atoms with van der Waals surface area (Å²) in [6, 6.07) is 6.25. The lowest BCUT2D eigenvalue weighted by Gasteiger charge is -2.04. The van der Waals surface area contributed by atoms with E-state index in [1.54, 1.807) is 0 Å². The third-order valence-corrected chi connectivity index (χ3v) is 2.26. The Morgan fingerprint density at radius 2 is 2.09 bits per heavy atom. The van der Waals surface area contributed by atoms with Gasteiger partial charge in [-0.05, 0) is 29.7 Å². The molecule has 1 aromatic carbocycles. The van der Waals surface area contributed by atoms with Crippen LogP contribution in [0.5, 0.6) is 0 Å². The van der Waals surface area contributed by atoms with Gasteiger partial charge in [0.05, 0.1) is 0 Å². The largest absolute Gasteiger partial charge is 0.326 e. The van der Waals surface area contributed by atoms with Gasteiger partial charge in [-0.15, -0.1) is 0 Å². The van der Waals surface area contributed by atoms with Gasteiger partial charge in [0, 0.05) is 11.0 Å². The van der Waals surface area contributed by atoms with Gasteiger partial charge in [-0.3, -0.25) is 0 Å². The van der Waals surface area contributed by atoms with Gasteiger partial charge in [0.25, 0.3) is 0 Å². The Labute approximate surface area is 75.7 Å². The first-order valence-corrected chi connectivity index (χ1v) is 4.54. The zero-order valence-corrected chi connectivity index (χ0v) is 8.19. The average molecular weight is 214 g/mol. The molecule has 0 aromatic heterocycles. The van der Waals surface area contributed by atoms with E-state index in [2.05, 4.69) is 41.1 Å². The molecule has 0 atom stereocenters. The van der Waals surface area contributed by atoms with E-state index in [1.807, 2.05) is 0 Å². The molecule has 0 aliphatic heterocycles. The molecule has 0 unspecified atom stereocenters. The predicted octanol–water partition coefficient (Wildman–Crippen LogP) is 2.47. The second-order valence-electron chi connectivity index (χ2n) is 2.47. The summed E-state index contributed by atoms with van der Waals surface area (Å²) in [6.07, 6.45) is 1.06. The smallest absolute Gasteiger partial charge is 0.0181 e. The van der Waals surface area contributed by atoms with Crippen LogP contribution in [0.1, 0.15) is 18.1 Å². The van der Waals surface area contributed by atoms with Crippen LogP contribution < -0.4 is 5.73 Å². The normalized spacial score (nSPS) is 10.1. The standard InChI is InChI=1S/C9H12BrN/c1-2-7-3-4-9(10)5-8(7)6-11/h3-5H,2,6,11H2,1H3. The Kier molecular flexibility index (Phi) is 3.09. The van der Waals surface area contributed by atoms with Crippen molar-refractivity contribution in [2.45, 2.75) is 19.9 Å². The summed E-state index contributed by atoms with van der Waals surface area (Å²) >= 11 is 3.41. The van der Waals surface area contributed by atoms with E-state index in [1.165, 1.54) is 11.1 Å². The van der Waals surface area contributed by atoms with Crippen molar-refractivity contribution in [2.24, 2.45) is 5.73 Å². The molecule has 2 N–H and O–H groups in total. The second-order valence-corrected chi connectivity index (χ2v) is 3.39. The zero-order chi connectivity index (χ0) is 8.27. The van der Waals surface area contributed by atoms with Crippen molar-refractivity contribution in [1.82, 2.24) is 0 Å². The van der Waals surface area contributed by atoms with Crippen LogP contribution in [-0.4, -0.2) is 0 Å². The number of benzene rings is 1. The second kappa shape index (κ2) is 3.88. The van der Waals surface area contributed by atoms with Crippen LogP contribution in [0.25, 0.3) is 0 Å². The fourth-order valence-electron chi connectivity index (χ4n) is 1.13. The molecule has 1 nitrogen and oxygen atoms in total. The van der Waals surface area contributed by atoms with E-state index in [0.717, 1.165) is 10.9 Å². The first-order valence-electron chi connectivity index (χ1n) is 3.75. The summed E-state index contributed by atoms with van der Waals surface area (Å²) in [6.45, 7) is 2.77. The molecule has 0 spiro atoms. The molecule has 0 heterocycles. The molecule has 0 saturated carbocycles. The van der Waals surface area contributed by atoms with Crippen molar-refractivity contribution < 1.29 is 0 Å². The molecule has 0 aliphatic carbocycles. The van der Waals surface area contributed by atoms with E-state index in [-0.39, 0.29) is 0 Å². The monoisotopic (exact) mass is 213 g/mol. The lowest BCUT2D eigenvalue weighted by atomic mass is 10.1. The molecule has 1 rings (SSSR count). The van der Waals surface area contributed by atoms with Gasteiger partial charge in [0.15, 0.2) is 0 Å². The SMILES string of the molecule is CCc1ccc(Br)cc1CN. The molecule has 60 valence electrons. The van der Waals surface area contributed by atoms with Gasteiger partial charge in [-0.1, -0.05) is 28.9 Å². The van der Waals surface area contributed by atoms with Gasteiger partial charge in [0.1, 0.15) is 0 Å². The van der Waals surface area contributed by atoms with Gasteiger partial charge in [-0.25, -0.2) is 0 Å². The number of hydrogen-bond acceptors (Lipinski definition) is 1. The maximum Gasteiger partial charge on any atom is 0.0181 e. The van der Waals surface area contributed by atoms with Crippen LogP contribution in [0.15, 0.2) is 22.7 Å². The topological polar surface area (TPSA) is 26.0 Å². The van der Waals surface area contributed by atoms with E-state index in [0.29, 0.717) is 6.54 Å². The van der Waals surface area contributed by atoms with Crippen LogP contribution >= 0.6 is 15.9 Å². The van der Waals surface area contributed by atoms with Crippen molar-refractivity contribution in [3.05, 3.63) is 33.8 Å². The Morgan fingerprint density at radius 1 is 1.36 bits per heavy atom. The highest BCUT2D eigenvalue weighted by atomic mass is 79.9. The minimum absolute atomic E-state index is 0.628. The molecular weight excluding hydrogens is 202 g/mol. The van der Waals surface area contributed by atoms with Crippen molar-refractivity contribution in [2.75, 3.05) is 0 Å². The number of rotatable bonds is 2. The summed E-state index contributed by atoms with van der Waals surface area (Å²) in [5.74, 6) is 0. The Morgan fingerprint density at radius 3 is 2.64 bits per heavy atom. The molecule has 1 aromatic rings. The Balaban J connectivity index is 3.06. The van der Waals surface area contributed by atoms with Gasteiger partial charge < -0.3 is 5.73 Å². The molecular formula is C9H12BrN. The van der Waals surface area contributed by atoms with E-state index in [4.69, 9.17) is 5.73 Å². The number of halogens is 1. The van der Waals surface area contributed by atoms with Crippen LogP contribution in [0.2, 0.25) is 0 Å². The van der Waals surface area contributed by atoms with Gasteiger partial charge >= 0.3 is 0 Å². The van der Waals surface area contributed by atoms with Crippen LogP contribution in [0.4, 0.5) is 0 Å². The fourth-order valence-corrected chi connectivity index (χ4v) is 1.54. The Bertz CT molecular complexity index is 245. The van der Waals surface area contributed by atoms with Crippen molar-refractivity contribution >= 4 is 15.9 Å². The van der Waals surface area contributed by atoms with E-state index < -0.39 is 0 Å². The maximum atomic E-state index is 5.57. The summed E-state index contributed by atoms with van der Waals surface area (Å²) in [5, 5.41) is 0. The quantitative estimate of drug-likeness (QED) is 0.803. The zero-order valence-electron chi connectivity index (χ0n) is 6.60. The molecule has 0 fully saturated rings. The van der Waals surface area contributed by atoms with Crippen molar-refractivity contribution in [3.8, 4) is 0 Å². The van der Waals surface area contributed by atoms with Gasteiger partial charge in [0.2, 0.25) is 0 Å². The fraction of sp³-hybridized carbons (Fsp3) is 0.333. The molecule has 2 heteroatoms. The lowest BCUT2D eigenvalue weighted by Crippen LogP contribution is -2.00. The summed E-state index contributed by atoms with van der Waals surface area (Å²) in [4.78, 5) is 0. The first-order chi connectivity index (χ1) is 5.27. The predicted molar refractivity (Wildman–Crippen MR) is 51.4 cm³/mol. The third kappa shape index (κ3) is 2.04. The van der Waals surface area contributed by atoms with Crippen molar-refractivity contribution in [1.29, 1.82) is 0 Å². The third-order valence-electron chi connectivity index (χ3n) is 1.77. The summed E-state index contributed by atoms with van der Waals surface area (Å²) in [7, 11) is 0. The average Bonchev–Trinajstić information content (AvgIpc) is 2.04. The molecule has 0 saturated heterocycles. The Hall–Kier alpha value is -0.340. The van der Waals surface area contributed by atoms with E-state index in [9.17, 15) is 0 Å². The number of aryl methyl sites for hydroxylation is 1. The highest BCUT2D eigenvalue weighted by Gasteiger charge is 1.98. The molecule has 0 aliphatic rings.